The van der Waals surface area contributed by atoms with Crippen LogP contribution in [0.25, 0.3) is 0 Å². The quantitative estimate of drug-likeness (QED) is 0.713. The van der Waals surface area contributed by atoms with Gasteiger partial charge in [-0.25, -0.2) is 9.47 Å². The van der Waals surface area contributed by atoms with Gasteiger partial charge in [0.2, 0.25) is 5.43 Å². The second kappa shape index (κ2) is 8.33. The van der Waals surface area contributed by atoms with Crippen LogP contribution in [0.1, 0.15) is 55.4 Å². The highest BCUT2D eigenvalue weighted by Crippen LogP contribution is 2.32. The van der Waals surface area contributed by atoms with Gasteiger partial charge in [0.25, 0.3) is 5.91 Å². The number of aryl methyl sites for hydroxylation is 1. The largest absolute Gasteiger partial charge is 0.482 e. The second-order valence-corrected chi connectivity index (χ2v) is 9.41. The minimum atomic E-state index is -0.709. The smallest absolute Gasteiger partial charge is 0.431 e. The Morgan fingerprint density at radius 2 is 1.81 bits per heavy atom. The van der Waals surface area contributed by atoms with Crippen molar-refractivity contribution in [3.05, 3.63) is 63.6 Å². The summed E-state index contributed by atoms with van der Waals surface area (Å²) in [4.78, 5) is 41.0. The molecule has 0 bridgehead atoms. The Labute approximate surface area is 187 Å². The molecule has 170 valence electrons. The molecule has 8 nitrogen and oxygen atoms in total. The Kier molecular flexibility index (Phi) is 5.71. The molecule has 0 N–H and O–H groups in total. The van der Waals surface area contributed by atoms with Gasteiger partial charge in [-0.2, -0.15) is 5.01 Å². The van der Waals surface area contributed by atoms with Crippen molar-refractivity contribution in [2.45, 2.75) is 52.7 Å². The lowest BCUT2D eigenvalue weighted by atomic mass is 10.2. The molecule has 8 heteroatoms. The van der Waals surface area contributed by atoms with Crippen molar-refractivity contribution in [2.75, 3.05) is 18.2 Å². The molecule has 32 heavy (non-hydrogen) atoms. The van der Waals surface area contributed by atoms with Crippen molar-refractivity contribution in [1.82, 2.24) is 9.58 Å². The van der Waals surface area contributed by atoms with Crippen molar-refractivity contribution in [3.63, 3.8) is 0 Å². The molecule has 1 aliphatic heterocycles. The van der Waals surface area contributed by atoms with Crippen molar-refractivity contribution in [2.24, 2.45) is 5.92 Å². The van der Waals surface area contributed by atoms with Crippen molar-refractivity contribution < 1.29 is 19.1 Å². The highest BCUT2D eigenvalue weighted by atomic mass is 16.6. The van der Waals surface area contributed by atoms with Gasteiger partial charge in [-0.1, -0.05) is 30.3 Å². The maximum Gasteiger partial charge on any atom is 0.431 e. The fourth-order valence-corrected chi connectivity index (χ4v) is 3.72. The lowest BCUT2D eigenvalue weighted by Crippen LogP contribution is -2.58. The first kappa shape index (κ1) is 21.9. The number of hydrogen-bond donors (Lipinski definition) is 0. The number of fused-ring (bicyclic) bond motifs is 1. The normalized spacial score (nSPS) is 16.1. The average molecular weight is 440 g/mol. The van der Waals surface area contributed by atoms with E-state index in [9.17, 15) is 14.4 Å². The van der Waals surface area contributed by atoms with Crippen molar-refractivity contribution >= 4 is 12.0 Å². The van der Waals surface area contributed by atoms with E-state index in [1.807, 2.05) is 30.3 Å². The standard InChI is InChI=1S/C24H29N3O5/c1-16-12-19(28)21(31-14-18-8-6-5-7-9-18)20-22(29)25(13-17-10-11-17)15-26(27(16)20)23(30)32-24(2,3)4/h5-9,12,17H,10-11,13-15H2,1-4H3. The highest BCUT2D eigenvalue weighted by Gasteiger charge is 2.40. The first-order valence-corrected chi connectivity index (χ1v) is 10.9. The minimum absolute atomic E-state index is 0.0546. The highest BCUT2D eigenvalue weighted by molar-refractivity contribution is 5.98. The van der Waals surface area contributed by atoms with E-state index in [1.54, 1.807) is 32.6 Å². The molecular weight excluding hydrogens is 410 g/mol. The minimum Gasteiger partial charge on any atom is -0.482 e. The molecule has 1 aromatic carbocycles. The Bertz CT molecular complexity index is 1080. The Hall–Kier alpha value is -3.29. The van der Waals surface area contributed by atoms with Crippen LogP contribution < -0.4 is 15.2 Å². The van der Waals surface area contributed by atoms with Gasteiger partial charge in [-0.3, -0.25) is 9.59 Å². The predicted molar refractivity (Wildman–Crippen MR) is 119 cm³/mol. The van der Waals surface area contributed by atoms with Crippen LogP contribution in [0.4, 0.5) is 4.79 Å². The summed E-state index contributed by atoms with van der Waals surface area (Å²) in [6.07, 6.45) is 1.51. The maximum absolute atomic E-state index is 13.5. The van der Waals surface area contributed by atoms with E-state index in [0.717, 1.165) is 18.4 Å². The Balaban J connectivity index is 1.77. The van der Waals surface area contributed by atoms with E-state index in [2.05, 4.69) is 0 Å². The maximum atomic E-state index is 13.5. The SMILES string of the molecule is Cc1cc(=O)c(OCc2ccccc2)c2n1N(C(=O)OC(C)(C)C)CN(CC1CC1)C2=O. The molecule has 0 atom stereocenters. The van der Waals surface area contributed by atoms with Gasteiger partial charge in [0.15, 0.2) is 11.4 Å². The van der Waals surface area contributed by atoms with Crippen LogP contribution in [0.2, 0.25) is 0 Å². The predicted octanol–water partition coefficient (Wildman–Crippen LogP) is 3.43. The topological polar surface area (TPSA) is 81.1 Å². The molecule has 2 heterocycles. The molecule has 2 amide bonds. The molecule has 2 aliphatic rings. The molecule has 0 unspecified atom stereocenters. The summed E-state index contributed by atoms with van der Waals surface area (Å²) in [5.74, 6) is 0.0373. The van der Waals surface area contributed by atoms with Crippen LogP contribution in [0.3, 0.4) is 0 Å². The fourth-order valence-electron chi connectivity index (χ4n) is 3.72. The number of rotatable bonds is 5. The van der Waals surface area contributed by atoms with Gasteiger partial charge in [0.1, 0.15) is 18.9 Å². The van der Waals surface area contributed by atoms with Crippen LogP contribution in [0.5, 0.6) is 5.75 Å². The first-order valence-electron chi connectivity index (χ1n) is 10.9. The van der Waals surface area contributed by atoms with Gasteiger partial charge in [-0.15, -0.1) is 0 Å². The van der Waals surface area contributed by atoms with E-state index >= 15 is 0 Å². The lowest BCUT2D eigenvalue weighted by molar-refractivity contribution is 0.0444. The molecule has 0 spiro atoms. The van der Waals surface area contributed by atoms with Gasteiger partial charge in [-0.05, 0) is 52.0 Å². The summed E-state index contributed by atoms with van der Waals surface area (Å²) in [5, 5.41) is 1.37. The van der Waals surface area contributed by atoms with Crippen LogP contribution in [0, 0.1) is 12.8 Å². The van der Waals surface area contributed by atoms with E-state index in [0.29, 0.717) is 18.2 Å². The van der Waals surface area contributed by atoms with Gasteiger partial charge in [0.05, 0.1) is 0 Å². The Morgan fingerprint density at radius 1 is 1.12 bits per heavy atom. The van der Waals surface area contributed by atoms with Gasteiger partial charge >= 0.3 is 6.09 Å². The van der Waals surface area contributed by atoms with E-state index in [4.69, 9.17) is 9.47 Å². The zero-order chi connectivity index (χ0) is 23.0. The molecule has 2 aromatic rings. The van der Waals surface area contributed by atoms with Gasteiger partial charge < -0.3 is 14.4 Å². The third-order valence-electron chi connectivity index (χ3n) is 5.37. The fraction of sp³-hybridized carbons (Fsp3) is 0.458. The number of amides is 2. The summed E-state index contributed by atoms with van der Waals surface area (Å²) in [7, 11) is 0. The second-order valence-electron chi connectivity index (χ2n) is 9.41. The summed E-state index contributed by atoms with van der Waals surface area (Å²) in [6, 6.07) is 10.8. The number of pyridine rings is 1. The molecule has 0 saturated heterocycles. The summed E-state index contributed by atoms with van der Waals surface area (Å²) >= 11 is 0. The third kappa shape index (κ3) is 4.64. The molecular formula is C24H29N3O5. The average Bonchev–Trinajstić information content (AvgIpc) is 3.53. The molecule has 0 radical (unpaired) electrons. The van der Waals surface area contributed by atoms with Gasteiger partial charge in [0, 0.05) is 18.3 Å². The summed E-state index contributed by atoms with van der Waals surface area (Å²) in [5.41, 5.74) is 0.286. The Morgan fingerprint density at radius 3 is 2.44 bits per heavy atom. The molecule has 1 fully saturated rings. The van der Waals surface area contributed by atoms with E-state index in [1.165, 1.54) is 15.8 Å². The number of benzene rings is 1. The van der Waals surface area contributed by atoms with Crippen LogP contribution in [-0.4, -0.2) is 40.4 Å². The van der Waals surface area contributed by atoms with Crippen LogP contribution >= 0.6 is 0 Å². The van der Waals surface area contributed by atoms with Crippen molar-refractivity contribution in [3.8, 4) is 5.75 Å². The first-order chi connectivity index (χ1) is 15.1. The molecule has 1 aliphatic carbocycles. The zero-order valence-corrected chi connectivity index (χ0v) is 19.0. The molecule has 1 aromatic heterocycles. The number of aromatic nitrogens is 1. The van der Waals surface area contributed by atoms with Crippen LogP contribution in [-0.2, 0) is 11.3 Å². The number of ether oxygens (including phenoxy) is 2. The van der Waals surface area contributed by atoms with E-state index < -0.39 is 17.1 Å². The summed E-state index contributed by atoms with van der Waals surface area (Å²) in [6.45, 7) is 7.76. The molecule has 4 rings (SSSR count). The van der Waals surface area contributed by atoms with Crippen molar-refractivity contribution in [1.29, 1.82) is 0 Å². The van der Waals surface area contributed by atoms with E-state index in [-0.39, 0.29) is 30.6 Å². The number of hydrogen-bond acceptors (Lipinski definition) is 5. The molecule has 1 saturated carbocycles. The number of nitrogens with zero attached hydrogens (tertiary/aromatic N) is 3. The monoisotopic (exact) mass is 439 g/mol. The number of carbonyl (C=O) groups excluding carboxylic acids is 2. The summed E-state index contributed by atoms with van der Waals surface area (Å²) < 4.78 is 12.9. The number of carbonyl (C=O) groups is 2. The van der Waals surface area contributed by atoms with Crippen LogP contribution in [0.15, 0.2) is 41.2 Å². The third-order valence-corrected chi connectivity index (χ3v) is 5.37. The zero-order valence-electron chi connectivity index (χ0n) is 19.0. The lowest BCUT2D eigenvalue weighted by Gasteiger charge is -2.40.